The lowest BCUT2D eigenvalue weighted by Crippen LogP contribution is -2.14. The molecule has 3 nitrogen and oxygen atoms in total. The molecule has 0 aliphatic rings. The van der Waals surface area contributed by atoms with Crippen LogP contribution in [0.25, 0.3) is 0 Å². The van der Waals surface area contributed by atoms with Gasteiger partial charge in [-0.1, -0.05) is 15.9 Å². The van der Waals surface area contributed by atoms with Crippen LogP contribution >= 0.6 is 15.9 Å². The van der Waals surface area contributed by atoms with Crippen LogP contribution in [0.4, 0.5) is 10.1 Å². The number of sulfonamides is 1. The fourth-order valence-electron chi connectivity index (χ4n) is 2.13. The fraction of sp³-hybridized carbons (Fsp3) is 0.200. The molecule has 21 heavy (non-hydrogen) atoms. The zero-order valence-electron chi connectivity index (χ0n) is 11.9. The van der Waals surface area contributed by atoms with Crippen LogP contribution in [0.5, 0.6) is 0 Å². The Balaban J connectivity index is 2.42. The van der Waals surface area contributed by atoms with Gasteiger partial charge in [0, 0.05) is 10.2 Å². The highest BCUT2D eigenvalue weighted by atomic mass is 79.9. The molecule has 0 bridgehead atoms. The molecule has 2 aromatic carbocycles. The van der Waals surface area contributed by atoms with Gasteiger partial charge in [-0.3, -0.25) is 4.72 Å². The molecular weight excluding hydrogens is 357 g/mol. The minimum Gasteiger partial charge on any atom is -0.280 e. The SMILES string of the molecule is Cc1cc(F)ccc1S(=O)(=O)Nc1cc(C)c(Br)c(C)c1. The van der Waals surface area contributed by atoms with Crippen LogP contribution < -0.4 is 4.72 Å². The van der Waals surface area contributed by atoms with E-state index in [1.165, 1.54) is 12.1 Å². The third-order valence-corrected chi connectivity index (χ3v) is 5.91. The number of halogens is 2. The number of hydrogen-bond acceptors (Lipinski definition) is 2. The number of anilines is 1. The van der Waals surface area contributed by atoms with Crippen LogP contribution in [-0.2, 0) is 10.0 Å². The molecule has 0 heterocycles. The smallest absolute Gasteiger partial charge is 0.262 e. The van der Waals surface area contributed by atoms with Crippen molar-refractivity contribution >= 4 is 31.6 Å². The summed E-state index contributed by atoms with van der Waals surface area (Å²) >= 11 is 3.44. The molecule has 0 saturated carbocycles. The number of benzene rings is 2. The Morgan fingerprint density at radius 3 is 2.10 bits per heavy atom. The largest absolute Gasteiger partial charge is 0.280 e. The van der Waals surface area contributed by atoms with Crippen molar-refractivity contribution in [2.24, 2.45) is 0 Å². The molecule has 2 rings (SSSR count). The van der Waals surface area contributed by atoms with E-state index in [2.05, 4.69) is 20.7 Å². The molecule has 0 aliphatic carbocycles. The Kier molecular flexibility index (Phi) is 4.39. The summed E-state index contributed by atoms with van der Waals surface area (Å²) in [5.74, 6) is -0.457. The minimum atomic E-state index is -3.74. The minimum absolute atomic E-state index is 0.0714. The second-order valence-electron chi connectivity index (χ2n) is 4.94. The predicted octanol–water partition coefficient (Wildman–Crippen LogP) is 4.31. The van der Waals surface area contributed by atoms with Crippen LogP contribution in [0.1, 0.15) is 16.7 Å². The summed E-state index contributed by atoms with van der Waals surface area (Å²) in [6, 6.07) is 7.10. The monoisotopic (exact) mass is 371 g/mol. The zero-order valence-corrected chi connectivity index (χ0v) is 14.3. The second kappa shape index (κ2) is 5.77. The van der Waals surface area contributed by atoms with Crippen molar-refractivity contribution in [2.45, 2.75) is 25.7 Å². The maximum absolute atomic E-state index is 13.1. The molecule has 1 N–H and O–H groups in total. The van der Waals surface area contributed by atoms with Crippen molar-refractivity contribution < 1.29 is 12.8 Å². The third-order valence-electron chi connectivity index (χ3n) is 3.12. The van der Waals surface area contributed by atoms with Gasteiger partial charge in [-0.15, -0.1) is 0 Å². The maximum atomic E-state index is 13.1. The van der Waals surface area contributed by atoms with E-state index in [1.807, 2.05) is 13.8 Å². The Hall–Kier alpha value is -1.40. The van der Waals surface area contributed by atoms with E-state index >= 15 is 0 Å². The van der Waals surface area contributed by atoms with E-state index in [-0.39, 0.29) is 4.90 Å². The quantitative estimate of drug-likeness (QED) is 0.873. The molecule has 0 aromatic heterocycles. The summed E-state index contributed by atoms with van der Waals surface area (Å²) in [4.78, 5) is 0.0714. The first-order valence-electron chi connectivity index (χ1n) is 6.26. The van der Waals surface area contributed by atoms with E-state index in [0.717, 1.165) is 21.7 Å². The zero-order chi connectivity index (χ0) is 15.8. The predicted molar refractivity (Wildman–Crippen MR) is 85.6 cm³/mol. The summed E-state index contributed by atoms with van der Waals surface area (Å²) in [6.07, 6.45) is 0. The highest BCUT2D eigenvalue weighted by molar-refractivity contribution is 9.10. The van der Waals surface area contributed by atoms with Crippen molar-refractivity contribution in [1.82, 2.24) is 0 Å². The Bertz CT molecular complexity index is 780. The molecule has 112 valence electrons. The lowest BCUT2D eigenvalue weighted by atomic mass is 10.1. The van der Waals surface area contributed by atoms with Crippen LogP contribution in [0.3, 0.4) is 0 Å². The fourth-order valence-corrected chi connectivity index (χ4v) is 3.63. The number of aryl methyl sites for hydroxylation is 3. The topological polar surface area (TPSA) is 46.2 Å². The molecule has 0 amide bonds. The van der Waals surface area contributed by atoms with Gasteiger partial charge in [0.2, 0.25) is 0 Å². The van der Waals surface area contributed by atoms with Gasteiger partial charge in [-0.05, 0) is 67.8 Å². The molecular formula is C15H15BrFNO2S. The maximum Gasteiger partial charge on any atom is 0.262 e. The Morgan fingerprint density at radius 2 is 1.57 bits per heavy atom. The number of hydrogen-bond donors (Lipinski definition) is 1. The lowest BCUT2D eigenvalue weighted by molar-refractivity contribution is 0.598. The molecule has 2 aromatic rings. The van der Waals surface area contributed by atoms with Crippen LogP contribution in [0.15, 0.2) is 39.7 Å². The van der Waals surface area contributed by atoms with Crippen molar-refractivity contribution in [3.63, 3.8) is 0 Å². The van der Waals surface area contributed by atoms with E-state index in [4.69, 9.17) is 0 Å². The molecule has 0 aliphatic heterocycles. The third kappa shape index (κ3) is 3.44. The average molecular weight is 372 g/mol. The van der Waals surface area contributed by atoms with Gasteiger partial charge in [0.25, 0.3) is 10.0 Å². The molecule has 0 fully saturated rings. The number of rotatable bonds is 3. The summed E-state index contributed by atoms with van der Waals surface area (Å²) in [5.41, 5.74) is 2.72. The highest BCUT2D eigenvalue weighted by Crippen LogP contribution is 2.27. The van der Waals surface area contributed by atoms with Gasteiger partial charge in [-0.25, -0.2) is 12.8 Å². The van der Waals surface area contributed by atoms with Crippen LogP contribution in [0, 0.1) is 26.6 Å². The summed E-state index contributed by atoms with van der Waals surface area (Å²) in [6.45, 7) is 5.34. The van der Waals surface area contributed by atoms with Gasteiger partial charge in [0.1, 0.15) is 5.82 Å². The van der Waals surface area contributed by atoms with Crippen molar-refractivity contribution in [3.8, 4) is 0 Å². The first-order valence-corrected chi connectivity index (χ1v) is 8.54. The molecule has 0 spiro atoms. The summed E-state index contributed by atoms with van der Waals surface area (Å²) in [5, 5.41) is 0. The first-order chi connectivity index (χ1) is 9.70. The molecule has 0 atom stereocenters. The molecule has 0 saturated heterocycles. The second-order valence-corrected chi connectivity index (χ2v) is 7.38. The molecule has 6 heteroatoms. The standard InChI is InChI=1S/C15H15BrFNO2S/c1-9-6-12(17)4-5-14(9)21(19,20)18-13-7-10(2)15(16)11(3)8-13/h4-8,18H,1-3H3. The van der Waals surface area contributed by atoms with Gasteiger partial charge >= 0.3 is 0 Å². The highest BCUT2D eigenvalue weighted by Gasteiger charge is 2.18. The van der Waals surface area contributed by atoms with Gasteiger partial charge in [-0.2, -0.15) is 0 Å². The normalized spacial score (nSPS) is 11.5. The van der Waals surface area contributed by atoms with E-state index < -0.39 is 15.8 Å². The summed E-state index contributed by atoms with van der Waals surface area (Å²) < 4.78 is 41.4. The average Bonchev–Trinajstić information content (AvgIpc) is 2.34. The number of nitrogens with one attached hydrogen (secondary N) is 1. The molecule has 0 unspecified atom stereocenters. The van der Waals surface area contributed by atoms with Gasteiger partial charge in [0.05, 0.1) is 4.90 Å². The van der Waals surface area contributed by atoms with Gasteiger partial charge in [0.15, 0.2) is 0 Å². The van der Waals surface area contributed by atoms with E-state index in [1.54, 1.807) is 19.1 Å². The van der Waals surface area contributed by atoms with Crippen molar-refractivity contribution in [3.05, 3.63) is 57.3 Å². The molecule has 0 radical (unpaired) electrons. The lowest BCUT2D eigenvalue weighted by Gasteiger charge is -2.13. The van der Waals surface area contributed by atoms with Crippen molar-refractivity contribution in [2.75, 3.05) is 4.72 Å². The van der Waals surface area contributed by atoms with E-state index in [0.29, 0.717) is 11.3 Å². The van der Waals surface area contributed by atoms with Crippen LogP contribution in [0.2, 0.25) is 0 Å². The Labute approximate surface area is 132 Å². The van der Waals surface area contributed by atoms with E-state index in [9.17, 15) is 12.8 Å². The first kappa shape index (κ1) is 16.0. The van der Waals surface area contributed by atoms with Crippen LogP contribution in [-0.4, -0.2) is 8.42 Å². The Morgan fingerprint density at radius 1 is 1.00 bits per heavy atom. The van der Waals surface area contributed by atoms with Crippen molar-refractivity contribution in [1.29, 1.82) is 0 Å². The summed E-state index contributed by atoms with van der Waals surface area (Å²) in [7, 11) is -3.74. The van der Waals surface area contributed by atoms with Gasteiger partial charge < -0.3 is 0 Å².